The van der Waals surface area contributed by atoms with Crippen LogP contribution >= 0.6 is 46.4 Å². The van der Waals surface area contributed by atoms with Gasteiger partial charge in [0.2, 0.25) is 5.91 Å². The summed E-state index contributed by atoms with van der Waals surface area (Å²) in [6.45, 7) is 3.75. The monoisotopic (exact) mass is 678 g/mol. The van der Waals surface area contributed by atoms with Crippen molar-refractivity contribution in [2.45, 2.75) is 44.8 Å². The van der Waals surface area contributed by atoms with Crippen LogP contribution in [0.2, 0.25) is 20.1 Å². The van der Waals surface area contributed by atoms with E-state index in [9.17, 15) is 19.6 Å². The molecule has 3 N–H and O–H groups in total. The summed E-state index contributed by atoms with van der Waals surface area (Å²) >= 11 is 24.3. The first kappa shape index (κ1) is 33.4. The predicted molar refractivity (Wildman–Crippen MR) is 174 cm³/mol. The van der Waals surface area contributed by atoms with Crippen molar-refractivity contribution in [3.05, 3.63) is 92.4 Å². The molecule has 0 saturated carbocycles. The number of hydrazone groups is 1. The number of urea groups is 2. The van der Waals surface area contributed by atoms with Crippen LogP contribution in [0.4, 0.5) is 21.0 Å². The van der Waals surface area contributed by atoms with Crippen LogP contribution in [0, 0.1) is 0 Å². The van der Waals surface area contributed by atoms with Gasteiger partial charge in [0, 0.05) is 45.0 Å². The lowest BCUT2D eigenvalue weighted by molar-refractivity contribution is -0.121. The van der Waals surface area contributed by atoms with Crippen LogP contribution < -0.4 is 15.6 Å². The van der Waals surface area contributed by atoms with Crippen molar-refractivity contribution in [2.75, 3.05) is 16.8 Å². The van der Waals surface area contributed by atoms with E-state index in [1.807, 2.05) is 0 Å². The zero-order chi connectivity index (χ0) is 32.0. The molecule has 232 valence electrons. The molecular weight excluding hydrogens is 650 g/mol. The molecule has 1 aliphatic rings. The Bertz CT molecular complexity index is 1570. The fraction of sp³-hybridized carbons (Fsp3) is 0.267. The average molecular weight is 680 g/mol. The van der Waals surface area contributed by atoms with Crippen LogP contribution in [0.15, 0.2) is 71.8 Å². The number of anilines is 2. The predicted octanol–water partition coefficient (Wildman–Crippen LogP) is 7.89. The molecule has 0 bridgehead atoms. The minimum Gasteiger partial charge on any atom is -0.315 e. The van der Waals surface area contributed by atoms with Crippen molar-refractivity contribution in [3.63, 3.8) is 0 Å². The Labute approximate surface area is 275 Å². The Morgan fingerprint density at radius 3 is 2.34 bits per heavy atom. The summed E-state index contributed by atoms with van der Waals surface area (Å²) in [6, 6.07) is 16.7. The van der Waals surface area contributed by atoms with Crippen LogP contribution in [-0.2, 0) is 4.79 Å². The van der Waals surface area contributed by atoms with E-state index in [0.29, 0.717) is 54.9 Å². The molecule has 1 unspecified atom stereocenters. The first-order chi connectivity index (χ1) is 20.9. The minimum atomic E-state index is -1.13. The Balaban J connectivity index is 1.43. The average Bonchev–Trinajstić information content (AvgIpc) is 3.16. The van der Waals surface area contributed by atoms with Gasteiger partial charge in [-0.25, -0.2) is 15.0 Å². The van der Waals surface area contributed by atoms with Crippen LogP contribution in [0.25, 0.3) is 0 Å². The van der Waals surface area contributed by atoms with Gasteiger partial charge in [0.05, 0.1) is 16.8 Å². The van der Waals surface area contributed by atoms with Crippen molar-refractivity contribution in [2.24, 2.45) is 5.10 Å². The summed E-state index contributed by atoms with van der Waals surface area (Å²) < 4.78 is 0. The molecule has 0 aromatic heterocycles. The van der Waals surface area contributed by atoms with Gasteiger partial charge in [0.15, 0.2) is 6.17 Å². The van der Waals surface area contributed by atoms with E-state index >= 15 is 0 Å². The summed E-state index contributed by atoms with van der Waals surface area (Å²) in [5.74, 6) is -0.309. The summed E-state index contributed by atoms with van der Waals surface area (Å²) in [5, 5.41) is 19.9. The maximum atomic E-state index is 13.8. The van der Waals surface area contributed by atoms with Crippen molar-refractivity contribution in [1.82, 2.24) is 15.4 Å². The molecule has 3 aromatic carbocycles. The van der Waals surface area contributed by atoms with Crippen molar-refractivity contribution in [3.8, 4) is 0 Å². The van der Waals surface area contributed by atoms with Gasteiger partial charge < -0.3 is 10.2 Å². The maximum absolute atomic E-state index is 13.8. The molecule has 14 heteroatoms. The van der Waals surface area contributed by atoms with E-state index < -0.39 is 23.8 Å². The van der Waals surface area contributed by atoms with Gasteiger partial charge in [0.25, 0.3) is 0 Å². The largest absolute Gasteiger partial charge is 0.347 e. The second kappa shape index (κ2) is 14.5. The molecular formula is C30H30Cl4N6O4. The number of amides is 5. The van der Waals surface area contributed by atoms with E-state index in [0.717, 1.165) is 0 Å². The van der Waals surface area contributed by atoms with Crippen LogP contribution in [0.5, 0.6) is 0 Å². The van der Waals surface area contributed by atoms with Gasteiger partial charge in [-0.05, 0) is 75.2 Å². The Morgan fingerprint density at radius 2 is 1.66 bits per heavy atom. The molecule has 5 amide bonds. The second-order valence-electron chi connectivity index (χ2n) is 10.5. The molecule has 1 heterocycles. The number of nitrogens with zero attached hydrogens (tertiary/aromatic N) is 4. The van der Waals surface area contributed by atoms with Gasteiger partial charge >= 0.3 is 12.1 Å². The quantitative estimate of drug-likeness (QED) is 0.0874. The zero-order valence-corrected chi connectivity index (χ0v) is 26.8. The third-order valence-electron chi connectivity index (χ3n) is 7.00. The molecule has 0 aliphatic carbocycles. The molecule has 3 aromatic rings. The third kappa shape index (κ3) is 7.94. The van der Waals surface area contributed by atoms with Gasteiger partial charge in [-0.15, -0.1) is 0 Å². The highest BCUT2D eigenvalue weighted by molar-refractivity contribution is 6.36. The van der Waals surface area contributed by atoms with Crippen LogP contribution in [0.3, 0.4) is 0 Å². The summed E-state index contributed by atoms with van der Waals surface area (Å²) in [6.07, 6.45) is 1.36. The number of rotatable bonds is 10. The van der Waals surface area contributed by atoms with Crippen LogP contribution in [-0.4, -0.2) is 57.6 Å². The van der Waals surface area contributed by atoms with E-state index in [4.69, 9.17) is 46.4 Å². The summed E-state index contributed by atoms with van der Waals surface area (Å²) in [7, 11) is 0. The summed E-state index contributed by atoms with van der Waals surface area (Å²) in [5.41, 5.74) is 2.77. The van der Waals surface area contributed by atoms with Crippen molar-refractivity contribution in [1.29, 1.82) is 0 Å². The SMILES string of the molecule is CC1(C)C(N(O)C(=O)Nc2cccc(Cl)c2)N(c2cccc(Cl)c2)C(=O)N1CCCCC(=O)NN=Cc1ccc(Cl)cc1Cl. The molecule has 44 heavy (non-hydrogen) atoms. The highest BCUT2D eigenvalue weighted by Gasteiger charge is 2.55. The van der Waals surface area contributed by atoms with E-state index in [2.05, 4.69) is 15.8 Å². The van der Waals surface area contributed by atoms with Gasteiger partial charge in [-0.3, -0.25) is 14.9 Å². The number of hydrogen-bond acceptors (Lipinski definition) is 5. The normalized spacial score (nSPS) is 16.0. The van der Waals surface area contributed by atoms with E-state index in [1.165, 1.54) is 17.2 Å². The fourth-order valence-electron chi connectivity index (χ4n) is 4.86. The standard InChI is InChI=1S/C30H30Cl4N6O4/c1-30(2)27(40(44)28(42)36-23-9-5-7-20(31)15-23)39(24-10-6-8-21(32)16-24)29(43)38(30)14-4-3-11-26(41)37-35-18-19-12-13-22(33)17-25(19)34/h5-10,12-13,15-18,27,44H,3-4,11,14H2,1-2H3,(H,36,42)(H,37,41). The number of halogens is 4. The minimum absolute atomic E-state index is 0.156. The van der Waals surface area contributed by atoms with Gasteiger partial charge in [-0.1, -0.05) is 64.6 Å². The first-order valence-electron chi connectivity index (χ1n) is 13.6. The number of hydroxylamine groups is 2. The molecule has 1 atom stereocenters. The molecule has 10 nitrogen and oxygen atoms in total. The van der Waals surface area contributed by atoms with E-state index in [-0.39, 0.29) is 18.9 Å². The molecule has 0 spiro atoms. The molecule has 1 saturated heterocycles. The molecule has 4 rings (SSSR count). The zero-order valence-electron chi connectivity index (χ0n) is 23.8. The maximum Gasteiger partial charge on any atom is 0.347 e. The Morgan fingerprint density at radius 1 is 0.977 bits per heavy atom. The number of hydrogen-bond donors (Lipinski definition) is 3. The smallest absolute Gasteiger partial charge is 0.315 e. The van der Waals surface area contributed by atoms with E-state index in [1.54, 1.807) is 79.4 Å². The van der Waals surface area contributed by atoms with Crippen molar-refractivity contribution >= 4 is 82.0 Å². The van der Waals surface area contributed by atoms with Gasteiger partial charge in [0.1, 0.15) is 0 Å². The Hall–Kier alpha value is -3.54. The topological polar surface area (TPSA) is 118 Å². The number of carbonyl (C=O) groups excluding carboxylic acids is 3. The number of carbonyl (C=O) groups is 3. The second-order valence-corrected chi connectivity index (χ2v) is 12.2. The lowest BCUT2D eigenvalue weighted by Crippen LogP contribution is -2.58. The highest BCUT2D eigenvalue weighted by atomic mass is 35.5. The lowest BCUT2D eigenvalue weighted by atomic mass is 9.99. The third-order valence-corrected chi connectivity index (χ3v) is 8.03. The highest BCUT2D eigenvalue weighted by Crippen LogP contribution is 2.39. The fourth-order valence-corrected chi connectivity index (χ4v) is 5.69. The van der Waals surface area contributed by atoms with Gasteiger partial charge in [-0.2, -0.15) is 10.2 Å². The van der Waals surface area contributed by atoms with Crippen LogP contribution in [0.1, 0.15) is 38.7 Å². The van der Waals surface area contributed by atoms with Crippen molar-refractivity contribution < 1.29 is 19.6 Å². The summed E-state index contributed by atoms with van der Waals surface area (Å²) in [4.78, 5) is 42.2. The molecule has 1 aliphatic heterocycles. The lowest BCUT2D eigenvalue weighted by Gasteiger charge is -2.38. The Kier molecular flexibility index (Phi) is 11.0. The number of nitrogens with one attached hydrogen (secondary N) is 2. The molecule has 0 radical (unpaired) electrons. The first-order valence-corrected chi connectivity index (χ1v) is 15.1. The number of benzene rings is 3. The number of unbranched alkanes of at least 4 members (excludes halogenated alkanes) is 1. The molecule has 1 fully saturated rings.